The highest BCUT2D eigenvalue weighted by Gasteiger charge is 2.36. The van der Waals surface area contributed by atoms with Gasteiger partial charge in [-0.05, 0) is 26.0 Å². The van der Waals surface area contributed by atoms with Crippen molar-refractivity contribution in [3.8, 4) is 0 Å². The van der Waals surface area contributed by atoms with E-state index in [9.17, 15) is 0 Å². The van der Waals surface area contributed by atoms with E-state index >= 15 is 0 Å². The first-order valence-corrected chi connectivity index (χ1v) is 8.21. The Balaban J connectivity index is 2.14. The second kappa shape index (κ2) is 5.99. The predicted octanol–water partition coefficient (Wildman–Crippen LogP) is 3.09. The Hall–Kier alpha value is -0.970. The highest BCUT2D eigenvalue weighted by molar-refractivity contribution is 8.00. The van der Waals surface area contributed by atoms with E-state index in [1.54, 1.807) is 0 Å². The van der Waals surface area contributed by atoms with Gasteiger partial charge in [-0.3, -0.25) is 0 Å². The largest absolute Gasteiger partial charge is 0.373 e. The van der Waals surface area contributed by atoms with Gasteiger partial charge in [0.1, 0.15) is 17.5 Å². The van der Waals surface area contributed by atoms with Gasteiger partial charge in [0.2, 0.25) is 0 Å². The molecule has 106 valence electrons. The molecule has 1 aliphatic carbocycles. The van der Waals surface area contributed by atoms with Gasteiger partial charge in [0.25, 0.3) is 0 Å². The Morgan fingerprint density at radius 3 is 2.42 bits per heavy atom. The van der Waals surface area contributed by atoms with Crippen LogP contribution in [0.25, 0.3) is 0 Å². The van der Waals surface area contributed by atoms with Gasteiger partial charge in [-0.2, -0.15) is 11.8 Å². The van der Waals surface area contributed by atoms with Crippen molar-refractivity contribution in [2.24, 2.45) is 0 Å². The second-order valence-electron chi connectivity index (χ2n) is 5.16. The van der Waals surface area contributed by atoms with Gasteiger partial charge in [0, 0.05) is 30.3 Å². The van der Waals surface area contributed by atoms with E-state index in [4.69, 9.17) is 0 Å². The third kappa shape index (κ3) is 2.96. The van der Waals surface area contributed by atoms with Crippen LogP contribution < -0.4 is 10.6 Å². The highest BCUT2D eigenvalue weighted by atomic mass is 32.2. The van der Waals surface area contributed by atoms with Crippen LogP contribution in [0.5, 0.6) is 0 Å². The van der Waals surface area contributed by atoms with Crippen LogP contribution in [0.2, 0.25) is 0 Å². The average molecular weight is 280 g/mol. The molecule has 2 N–H and O–H groups in total. The molecule has 0 amide bonds. The van der Waals surface area contributed by atoms with Gasteiger partial charge in [0.15, 0.2) is 0 Å². The molecule has 0 atom stereocenters. The summed E-state index contributed by atoms with van der Waals surface area (Å²) in [6, 6.07) is 0. The quantitative estimate of drug-likeness (QED) is 0.838. The summed E-state index contributed by atoms with van der Waals surface area (Å²) >= 11 is 1.98. The highest BCUT2D eigenvalue weighted by Crippen LogP contribution is 2.42. The van der Waals surface area contributed by atoms with Crippen LogP contribution in [0.1, 0.15) is 37.6 Å². The Kier molecular flexibility index (Phi) is 4.55. The molecule has 5 heteroatoms. The Morgan fingerprint density at radius 1 is 1.26 bits per heavy atom. The standard InChI is InChI=1S/C14H24N4S/c1-5-11-17-12(15-3)10(2)13(18-11)16-9-14(19-4)7-6-8-14/h5-9H2,1-4H3,(H2,15,16,17,18). The molecule has 1 aromatic heterocycles. The van der Waals surface area contributed by atoms with E-state index in [0.29, 0.717) is 4.75 Å². The number of nitrogens with zero attached hydrogens (tertiary/aromatic N) is 2. The number of hydrogen-bond donors (Lipinski definition) is 2. The Labute approximate surface area is 120 Å². The van der Waals surface area contributed by atoms with Crippen molar-refractivity contribution in [3.05, 3.63) is 11.4 Å². The van der Waals surface area contributed by atoms with Crippen LogP contribution in [0, 0.1) is 6.92 Å². The lowest BCUT2D eigenvalue weighted by atomic mass is 9.84. The molecule has 4 nitrogen and oxygen atoms in total. The molecule has 1 fully saturated rings. The van der Waals surface area contributed by atoms with E-state index < -0.39 is 0 Å². The lowest BCUT2D eigenvalue weighted by Crippen LogP contribution is -2.40. The molecule has 0 unspecified atom stereocenters. The first-order valence-electron chi connectivity index (χ1n) is 6.98. The summed E-state index contributed by atoms with van der Waals surface area (Å²) in [6.45, 7) is 5.15. The molecule has 0 radical (unpaired) electrons. The summed E-state index contributed by atoms with van der Waals surface area (Å²) < 4.78 is 0.420. The van der Waals surface area contributed by atoms with Crippen molar-refractivity contribution in [2.45, 2.75) is 44.3 Å². The van der Waals surface area contributed by atoms with Crippen LogP contribution in [0.15, 0.2) is 0 Å². The van der Waals surface area contributed by atoms with Gasteiger partial charge in [-0.25, -0.2) is 9.97 Å². The van der Waals surface area contributed by atoms with Crippen LogP contribution in [0.4, 0.5) is 11.6 Å². The maximum Gasteiger partial charge on any atom is 0.134 e. The lowest BCUT2D eigenvalue weighted by molar-refractivity contribution is 0.379. The van der Waals surface area contributed by atoms with Gasteiger partial charge < -0.3 is 10.6 Å². The zero-order chi connectivity index (χ0) is 13.9. The fourth-order valence-corrected chi connectivity index (χ4v) is 3.32. The summed E-state index contributed by atoms with van der Waals surface area (Å²) in [5, 5.41) is 6.70. The molecule has 1 saturated carbocycles. The van der Waals surface area contributed by atoms with Gasteiger partial charge in [-0.15, -0.1) is 0 Å². The molecule has 19 heavy (non-hydrogen) atoms. The van der Waals surface area contributed by atoms with Crippen LogP contribution in [0.3, 0.4) is 0 Å². The van der Waals surface area contributed by atoms with E-state index in [0.717, 1.165) is 36.0 Å². The normalized spacial score (nSPS) is 16.8. The van der Waals surface area contributed by atoms with E-state index in [2.05, 4.69) is 40.7 Å². The minimum absolute atomic E-state index is 0.420. The minimum Gasteiger partial charge on any atom is -0.373 e. The molecule has 1 aromatic rings. The first kappa shape index (κ1) is 14.4. The number of nitrogens with one attached hydrogen (secondary N) is 2. The molecule has 2 rings (SSSR count). The third-order valence-electron chi connectivity index (χ3n) is 4.02. The number of thioether (sulfide) groups is 1. The summed E-state index contributed by atoms with van der Waals surface area (Å²) in [7, 11) is 1.91. The van der Waals surface area contributed by atoms with Crippen LogP contribution >= 0.6 is 11.8 Å². The monoisotopic (exact) mass is 280 g/mol. The maximum absolute atomic E-state index is 4.62. The lowest BCUT2D eigenvalue weighted by Gasteiger charge is -2.40. The summed E-state index contributed by atoms with van der Waals surface area (Å²) in [4.78, 5) is 9.12. The molecule has 0 bridgehead atoms. The van der Waals surface area contributed by atoms with Gasteiger partial charge >= 0.3 is 0 Å². The number of anilines is 2. The molecular weight excluding hydrogens is 256 g/mol. The number of aryl methyl sites for hydroxylation is 1. The third-order valence-corrected chi connectivity index (χ3v) is 5.44. The molecule has 0 saturated heterocycles. The van der Waals surface area contributed by atoms with Gasteiger partial charge in [-0.1, -0.05) is 13.3 Å². The second-order valence-corrected chi connectivity index (χ2v) is 6.43. The molecule has 1 heterocycles. The summed E-state index contributed by atoms with van der Waals surface area (Å²) in [6.07, 6.45) is 7.05. The number of hydrogen-bond acceptors (Lipinski definition) is 5. The summed E-state index contributed by atoms with van der Waals surface area (Å²) in [5.74, 6) is 2.81. The maximum atomic E-state index is 4.62. The van der Waals surface area contributed by atoms with Crippen LogP contribution in [-0.4, -0.2) is 34.6 Å². The van der Waals surface area contributed by atoms with Crippen molar-refractivity contribution < 1.29 is 0 Å². The predicted molar refractivity (Wildman–Crippen MR) is 84.3 cm³/mol. The zero-order valence-corrected chi connectivity index (χ0v) is 13.2. The molecule has 0 aromatic carbocycles. The SMILES string of the molecule is CCc1nc(NC)c(C)c(NCC2(SC)CCC2)n1. The topological polar surface area (TPSA) is 49.8 Å². The Morgan fingerprint density at radius 2 is 1.95 bits per heavy atom. The zero-order valence-electron chi connectivity index (χ0n) is 12.3. The average Bonchev–Trinajstić information content (AvgIpc) is 2.39. The fraction of sp³-hybridized carbons (Fsp3) is 0.714. The summed E-state index contributed by atoms with van der Waals surface area (Å²) in [5.41, 5.74) is 1.11. The van der Waals surface area contributed by atoms with Crippen LogP contribution in [-0.2, 0) is 6.42 Å². The fourth-order valence-electron chi connectivity index (χ4n) is 2.41. The van der Waals surface area contributed by atoms with Crippen molar-refractivity contribution in [2.75, 3.05) is 30.5 Å². The van der Waals surface area contributed by atoms with Gasteiger partial charge in [0.05, 0.1) is 0 Å². The molecule has 1 aliphatic rings. The molecule has 0 spiro atoms. The van der Waals surface area contributed by atoms with E-state index in [-0.39, 0.29) is 0 Å². The van der Waals surface area contributed by atoms with Crippen molar-refractivity contribution in [1.82, 2.24) is 9.97 Å². The molecular formula is C14H24N4S. The van der Waals surface area contributed by atoms with E-state index in [1.807, 2.05) is 18.8 Å². The minimum atomic E-state index is 0.420. The Bertz CT molecular complexity index is 438. The van der Waals surface area contributed by atoms with Crippen molar-refractivity contribution >= 4 is 23.4 Å². The smallest absolute Gasteiger partial charge is 0.134 e. The first-order chi connectivity index (χ1) is 9.14. The molecule has 0 aliphatic heterocycles. The van der Waals surface area contributed by atoms with E-state index in [1.165, 1.54) is 19.3 Å². The number of aromatic nitrogens is 2. The van der Waals surface area contributed by atoms with Crippen molar-refractivity contribution in [1.29, 1.82) is 0 Å². The number of rotatable bonds is 6. The van der Waals surface area contributed by atoms with Crippen molar-refractivity contribution in [3.63, 3.8) is 0 Å².